The maximum absolute atomic E-state index is 8.64. The zero-order valence-corrected chi connectivity index (χ0v) is 8.93. The van der Waals surface area contributed by atoms with Gasteiger partial charge in [0, 0.05) is 5.56 Å². The number of hydrogen-bond donors (Lipinski definition) is 1. The number of nitrogens with zero attached hydrogens (tertiary/aromatic N) is 1. The van der Waals surface area contributed by atoms with Gasteiger partial charge in [0.1, 0.15) is 0 Å². The van der Waals surface area contributed by atoms with Gasteiger partial charge in [-0.25, -0.2) is 0 Å². The van der Waals surface area contributed by atoms with Gasteiger partial charge in [-0.1, -0.05) is 41.6 Å². The molecular formula is C14H13NO. The summed E-state index contributed by atoms with van der Waals surface area (Å²) in [5.74, 6) is 0.741. The highest BCUT2D eigenvalue weighted by atomic mass is 16.4. The second-order valence-electron chi connectivity index (χ2n) is 4.31. The molecule has 0 atom stereocenters. The molecule has 2 aromatic rings. The molecule has 1 aliphatic rings. The molecule has 16 heavy (non-hydrogen) atoms. The molecule has 0 bridgehead atoms. The fourth-order valence-electron chi connectivity index (χ4n) is 2.27. The largest absolute Gasteiger partial charge is 0.411 e. The number of fused-ring (bicyclic) bond motifs is 1. The van der Waals surface area contributed by atoms with Crippen LogP contribution in [0, 0.1) is 0 Å². The Labute approximate surface area is 94.2 Å². The van der Waals surface area contributed by atoms with E-state index in [0.717, 1.165) is 11.5 Å². The van der Waals surface area contributed by atoms with Gasteiger partial charge in [0.05, 0.1) is 6.21 Å². The van der Waals surface area contributed by atoms with Crippen LogP contribution < -0.4 is 0 Å². The van der Waals surface area contributed by atoms with Crippen molar-refractivity contribution in [1.29, 1.82) is 0 Å². The molecule has 1 fully saturated rings. The molecule has 0 spiro atoms. The minimum Gasteiger partial charge on any atom is -0.411 e. The Morgan fingerprint density at radius 1 is 1.06 bits per heavy atom. The average molecular weight is 211 g/mol. The van der Waals surface area contributed by atoms with Crippen molar-refractivity contribution < 1.29 is 5.21 Å². The van der Waals surface area contributed by atoms with Gasteiger partial charge < -0.3 is 5.21 Å². The molecule has 0 amide bonds. The van der Waals surface area contributed by atoms with Gasteiger partial charge in [-0.05, 0) is 35.1 Å². The first-order valence-corrected chi connectivity index (χ1v) is 5.59. The minimum absolute atomic E-state index is 0.741. The lowest BCUT2D eigenvalue weighted by atomic mass is 9.97. The van der Waals surface area contributed by atoms with Gasteiger partial charge in [-0.3, -0.25) is 0 Å². The van der Waals surface area contributed by atoms with Crippen LogP contribution in [0.25, 0.3) is 10.8 Å². The number of rotatable bonds is 2. The molecule has 0 radical (unpaired) electrons. The second kappa shape index (κ2) is 3.63. The van der Waals surface area contributed by atoms with E-state index in [1.54, 1.807) is 0 Å². The third-order valence-corrected chi connectivity index (χ3v) is 3.21. The lowest BCUT2D eigenvalue weighted by Crippen LogP contribution is -1.89. The lowest BCUT2D eigenvalue weighted by Gasteiger charge is -2.07. The van der Waals surface area contributed by atoms with Gasteiger partial charge in [-0.2, -0.15) is 0 Å². The van der Waals surface area contributed by atoms with Crippen molar-refractivity contribution >= 4 is 17.0 Å². The van der Waals surface area contributed by atoms with Crippen molar-refractivity contribution in [1.82, 2.24) is 0 Å². The quantitative estimate of drug-likeness (QED) is 0.460. The van der Waals surface area contributed by atoms with Crippen LogP contribution in [0.2, 0.25) is 0 Å². The van der Waals surface area contributed by atoms with Gasteiger partial charge in [0.25, 0.3) is 0 Å². The number of hydrogen-bond acceptors (Lipinski definition) is 2. The maximum Gasteiger partial charge on any atom is 0.0740 e. The smallest absolute Gasteiger partial charge is 0.0740 e. The van der Waals surface area contributed by atoms with E-state index in [9.17, 15) is 0 Å². The Morgan fingerprint density at radius 2 is 1.81 bits per heavy atom. The van der Waals surface area contributed by atoms with E-state index >= 15 is 0 Å². The molecule has 80 valence electrons. The standard InChI is InChI=1S/C14H13NO/c16-15-9-11-7-8-13(10-5-6-10)14-4-2-1-3-12(11)14/h1-4,7-10,16H,5-6H2/b15-9+. The summed E-state index contributed by atoms with van der Waals surface area (Å²) in [6.07, 6.45) is 4.11. The monoisotopic (exact) mass is 211 g/mol. The molecular weight excluding hydrogens is 198 g/mol. The summed E-state index contributed by atoms with van der Waals surface area (Å²) in [6, 6.07) is 12.5. The van der Waals surface area contributed by atoms with Crippen LogP contribution in [0.15, 0.2) is 41.6 Å². The van der Waals surface area contributed by atoms with E-state index in [2.05, 4.69) is 29.4 Å². The fourth-order valence-corrected chi connectivity index (χ4v) is 2.27. The van der Waals surface area contributed by atoms with Crippen molar-refractivity contribution in [2.24, 2.45) is 5.16 Å². The zero-order valence-electron chi connectivity index (χ0n) is 8.93. The Morgan fingerprint density at radius 3 is 2.50 bits per heavy atom. The van der Waals surface area contributed by atoms with Crippen LogP contribution in [0.1, 0.15) is 29.9 Å². The number of oxime groups is 1. The topological polar surface area (TPSA) is 32.6 Å². The van der Waals surface area contributed by atoms with Gasteiger partial charge in [0.2, 0.25) is 0 Å². The van der Waals surface area contributed by atoms with Crippen LogP contribution in [-0.4, -0.2) is 11.4 Å². The van der Waals surface area contributed by atoms with Crippen LogP contribution in [0.4, 0.5) is 0 Å². The maximum atomic E-state index is 8.64. The molecule has 2 heteroatoms. The van der Waals surface area contributed by atoms with E-state index in [0.29, 0.717) is 0 Å². The molecule has 1 aliphatic carbocycles. The highest BCUT2D eigenvalue weighted by Gasteiger charge is 2.25. The Balaban J connectivity index is 2.28. The van der Waals surface area contributed by atoms with E-state index < -0.39 is 0 Å². The molecule has 2 nitrogen and oxygen atoms in total. The molecule has 0 heterocycles. The Bertz CT molecular complexity index is 556. The van der Waals surface area contributed by atoms with Crippen molar-refractivity contribution in [3.63, 3.8) is 0 Å². The van der Waals surface area contributed by atoms with Crippen LogP contribution in [0.3, 0.4) is 0 Å². The molecule has 0 aliphatic heterocycles. The summed E-state index contributed by atoms with van der Waals surface area (Å²) in [5, 5.41) is 14.2. The summed E-state index contributed by atoms with van der Waals surface area (Å²) in [5.41, 5.74) is 2.41. The molecule has 2 aromatic carbocycles. The molecule has 0 saturated heterocycles. The molecule has 1 saturated carbocycles. The number of benzene rings is 2. The first kappa shape index (κ1) is 9.40. The molecule has 3 rings (SSSR count). The van der Waals surface area contributed by atoms with Crippen molar-refractivity contribution in [2.75, 3.05) is 0 Å². The van der Waals surface area contributed by atoms with Crippen LogP contribution in [0.5, 0.6) is 0 Å². The molecule has 0 aromatic heterocycles. The van der Waals surface area contributed by atoms with Gasteiger partial charge >= 0.3 is 0 Å². The van der Waals surface area contributed by atoms with Crippen LogP contribution >= 0.6 is 0 Å². The third kappa shape index (κ3) is 1.47. The summed E-state index contributed by atoms with van der Waals surface area (Å²) in [6.45, 7) is 0. The molecule has 0 unspecified atom stereocenters. The molecule has 1 N–H and O–H groups in total. The zero-order chi connectivity index (χ0) is 11.0. The highest BCUT2D eigenvalue weighted by molar-refractivity contribution is 6.01. The lowest BCUT2D eigenvalue weighted by molar-refractivity contribution is 0.322. The van der Waals surface area contributed by atoms with Crippen LogP contribution in [-0.2, 0) is 0 Å². The van der Waals surface area contributed by atoms with Crippen molar-refractivity contribution in [3.05, 3.63) is 47.5 Å². The summed E-state index contributed by atoms with van der Waals surface area (Å²) in [4.78, 5) is 0. The van der Waals surface area contributed by atoms with E-state index in [-0.39, 0.29) is 0 Å². The predicted molar refractivity (Wildman–Crippen MR) is 65.3 cm³/mol. The van der Waals surface area contributed by atoms with Crippen molar-refractivity contribution in [3.8, 4) is 0 Å². The van der Waals surface area contributed by atoms with Gasteiger partial charge in [-0.15, -0.1) is 0 Å². The normalized spacial score (nSPS) is 16.0. The first-order valence-electron chi connectivity index (χ1n) is 5.59. The third-order valence-electron chi connectivity index (χ3n) is 3.21. The SMILES string of the molecule is O/N=C/c1ccc(C2CC2)c2ccccc12. The average Bonchev–Trinajstić information content (AvgIpc) is 3.14. The predicted octanol–water partition coefficient (Wildman–Crippen LogP) is 3.53. The summed E-state index contributed by atoms with van der Waals surface area (Å²) in [7, 11) is 0. The summed E-state index contributed by atoms with van der Waals surface area (Å²) < 4.78 is 0. The van der Waals surface area contributed by atoms with Crippen molar-refractivity contribution in [2.45, 2.75) is 18.8 Å². The second-order valence-corrected chi connectivity index (χ2v) is 4.31. The first-order chi connectivity index (χ1) is 7.90. The van der Waals surface area contributed by atoms with E-state index in [4.69, 9.17) is 5.21 Å². The fraction of sp³-hybridized carbons (Fsp3) is 0.214. The van der Waals surface area contributed by atoms with Gasteiger partial charge in [0.15, 0.2) is 0 Å². The Kier molecular flexibility index (Phi) is 2.13. The van der Waals surface area contributed by atoms with E-state index in [1.165, 1.54) is 35.4 Å². The summed E-state index contributed by atoms with van der Waals surface area (Å²) >= 11 is 0. The Hall–Kier alpha value is -1.83. The minimum atomic E-state index is 0.741. The highest BCUT2D eigenvalue weighted by Crippen LogP contribution is 2.43. The van der Waals surface area contributed by atoms with E-state index in [1.807, 2.05) is 12.1 Å².